The lowest BCUT2D eigenvalue weighted by molar-refractivity contribution is 0.195. The summed E-state index contributed by atoms with van der Waals surface area (Å²) in [4.78, 5) is 10.4. The SMILES string of the molecule is Cc1c(CN2CCCC(c3ncn[nH]3)C2)[nH]c2ccc(Cl)cc12. The summed E-state index contributed by atoms with van der Waals surface area (Å²) in [7, 11) is 0. The molecule has 0 radical (unpaired) electrons. The molecule has 1 unspecified atom stereocenters. The van der Waals surface area contributed by atoms with Crippen LogP contribution >= 0.6 is 11.6 Å². The average molecular weight is 330 g/mol. The zero-order valence-electron chi connectivity index (χ0n) is 13.1. The van der Waals surface area contributed by atoms with Gasteiger partial charge in [0.15, 0.2) is 0 Å². The van der Waals surface area contributed by atoms with Crippen molar-refractivity contribution in [1.29, 1.82) is 0 Å². The number of fused-ring (bicyclic) bond motifs is 1. The van der Waals surface area contributed by atoms with Gasteiger partial charge in [-0.1, -0.05) is 11.6 Å². The molecule has 2 N–H and O–H groups in total. The molecule has 6 heteroatoms. The van der Waals surface area contributed by atoms with Gasteiger partial charge in [-0.05, 0) is 50.1 Å². The van der Waals surface area contributed by atoms with Gasteiger partial charge in [0.05, 0.1) is 0 Å². The number of likely N-dealkylation sites (tertiary alicyclic amines) is 1. The number of aromatic nitrogens is 4. The van der Waals surface area contributed by atoms with Gasteiger partial charge < -0.3 is 4.98 Å². The van der Waals surface area contributed by atoms with Crippen LogP contribution in [-0.2, 0) is 6.54 Å². The summed E-state index contributed by atoms with van der Waals surface area (Å²) >= 11 is 6.13. The van der Waals surface area contributed by atoms with Crippen molar-refractivity contribution < 1.29 is 0 Å². The molecule has 0 spiro atoms. The smallest absolute Gasteiger partial charge is 0.137 e. The number of hydrogen-bond acceptors (Lipinski definition) is 3. The molecule has 2 aromatic heterocycles. The largest absolute Gasteiger partial charge is 0.357 e. The van der Waals surface area contributed by atoms with E-state index in [-0.39, 0.29) is 0 Å². The predicted molar refractivity (Wildman–Crippen MR) is 91.7 cm³/mol. The van der Waals surface area contributed by atoms with E-state index in [1.165, 1.54) is 29.5 Å². The van der Waals surface area contributed by atoms with Crippen LogP contribution in [0.1, 0.15) is 35.8 Å². The van der Waals surface area contributed by atoms with Gasteiger partial charge in [-0.25, -0.2) is 4.98 Å². The van der Waals surface area contributed by atoms with E-state index in [1.807, 2.05) is 12.1 Å². The van der Waals surface area contributed by atoms with E-state index in [9.17, 15) is 0 Å². The lowest BCUT2D eigenvalue weighted by Gasteiger charge is -2.31. The third kappa shape index (κ3) is 2.86. The minimum Gasteiger partial charge on any atom is -0.357 e. The van der Waals surface area contributed by atoms with E-state index >= 15 is 0 Å². The number of rotatable bonds is 3. The fourth-order valence-electron chi connectivity index (χ4n) is 3.57. The molecule has 0 bridgehead atoms. The Hall–Kier alpha value is -1.85. The molecule has 1 fully saturated rings. The maximum absolute atomic E-state index is 6.13. The lowest BCUT2D eigenvalue weighted by Crippen LogP contribution is -2.34. The van der Waals surface area contributed by atoms with E-state index < -0.39 is 0 Å². The highest BCUT2D eigenvalue weighted by Gasteiger charge is 2.24. The zero-order chi connectivity index (χ0) is 15.8. The number of benzene rings is 1. The average Bonchev–Trinajstić information content (AvgIpc) is 3.18. The second-order valence-corrected chi connectivity index (χ2v) is 6.80. The Morgan fingerprint density at radius 2 is 2.30 bits per heavy atom. The molecule has 3 heterocycles. The van der Waals surface area contributed by atoms with Crippen LogP contribution in [0, 0.1) is 6.92 Å². The van der Waals surface area contributed by atoms with Crippen molar-refractivity contribution in [3.8, 4) is 0 Å². The third-order valence-electron chi connectivity index (χ3n) is 4.83. The monoisotopic (exact) mass is 329 g/mol. The summed E-state index contributed by atoms with van der Waals surface area (Å²) in [6.07, 6.45) is 3.96. The predicted octanol–water partition coefficient (Wildman–Crippen LogP) is 3.63. The number of piperidine rings is 1. The van der Waals surface area contributed by atoms with Gasteiger partial charge in [0, 0.05) is 40.6 Å². The quantitative estimate of drug-likeness (QED) is 0.771. The first-order valence-electron chi connectivity index (χ1n) is 8.05. The molecule has 1 atom stereocenters. The van der Waals surface area contributed by atoms with Crippen molar-refractivity contribution in [2.45, 2.75) is 32.2 Å². The molecule has 5 nitrogen and oxygen atoms in total. The second-order valence-electron chi connectivity index (χ2n) is 6.36. The fraction of sp³-hybridized carbons (Fsp3) is 0.412. The Kier molecular flexibility index (Phi) is 3.83. The second kappa shape index (κ2) is 5.98. The van der Waals surface area contributed by atoms with Crippen molar-refractivity contribution in [3.63, 3.8) is 0 Å². The van der Waals surface area contributed by atoms with Crippen molar-refractivity contribution in [3.05, 3.63) is 46.6 Å². The topological polar surface area (TPSA) is 60.6 Å². The molecule has 4 rings (SSSR count). The summed E-state index contributed by atoms with van der Waals surface area (Å²) < 4.78 is 0. The molecular weight excluding hydrogens is 310 g/mol. The van der Waals surface area contributed by atoms with E-state index in [4.69, 9.17) is 11.6 Å². The van der Waals surface area contributed by atoms with Gasteiger partial charge >= 0.3 is 0 Å². The molecule has 120 valence electrons. The maximum Gasteiger partial charge on any atom is 0.137 e. The first-order valence-corrected chi connectivity index (χ1v) is 8.43. The van der Waals surface area contributed by atoms with E-state index in [0.29, 0.717) is 5.92 Å². The molecule has 1 aromatic carbocycles. The molecule has 3 aromatic rings. The molecule has 0 amide bonds. The number of halogens is 1. The zero-order valence-corrected chi connectivity index (χ0v) is 13.9. The number of hydrogen-bond donors (Lipinski definition) is 2. The van der Waals surface area contributed by atoms with Crippen LogP contribution in [0.3, 0.4) is 0 Å². The molecule has 0 saturated carbocycles. The van der Waals surface area contributed by atoms with Crippen LogP contribution in [0.5, 0.6) is 0 Å². The summed E-state index contributed by atoms with van der Waals surface area (Å²) in [5.74, 6) is 1.46. The van der Waals surface area contributed by atoms with Gasteiger partial charge in [0.2, 0.25) is 0 Å². The Morgan fingerprint density at radius 3 is 3.13 bits per heavy atom. The highest BCUT2D eigenvalue weighted by Crippen LogP contribution is 2.28. The van der Waals surface area contributed by atoms with Crippen LogP contribution in [0.25, 0.3) is 10.9 Å². The Morgan fingerprint density at radius 1 is 1.39 bits per heavy atom. The Labute approximate surface area is 140 Å². The van der Waals surface area contributed by atoms with E-state index in [0.717, 1.165) is 36.0 Å². The number of H-pyrrole nitrogens is 2. The van der Waals surface area contributed by atoms with Crippen molar-refractivity contribution >= 4 is 22.5 Å². The molecule has 1 aliphatic rings. The van der Waals surface area contributed by atoms with E-state index in [2.05, 4.69) is 38.1 Å². The standard InChI is InChI=1S/C17H20ClN5/c1-11-14-7-13(18)4-5-15(14)21-16(11)9-23-6-2-3-12(8-23)17-19-10-20-22-17/h4-5,7,10,12,21H,2-3,6,8-9H2,1H3,(H,19,20,22). The van der Waals surface area contributed by atoms with E-state index in [1.54, 1.807) is 6.33 Å². The number of nitrogens with zero attached hydrogens (tertiary/aromatic N) is 3. The number of aromatic amines is 2. The minimum atomic E-state index is 0.449. The third-order valence-corrected chi connectivity index (χ3v) is 5.07. The first kappa shape index (κ1) is 14.7. The van der Waals surface area contributed by atoms with Crippen LogP contribution in [0.2, 0.25) is 5.02 Å². The highest BCUT2D eigenvalue weighted by atomic mass is 35.5. The summed E-state index contributed by atoms with van der Waals surface area (Å²) in [6.45, 7) is 5.25. The fourth-order valence-corrected chi connectivity index (χ4v) is 3.74. The molecule has 23 heavy (non-hydrogen) atoms. The van der Waals surface area contributed by atoms with Crippen molar-refractivity contribution in [1.82, 2.24) is 25.1 Å². The van der Waals surface area contributed by atoms with Gasteiger partial charge in [-0.3, -0.25) is 10.00 Å². The molecular formula is C17H20ClN5. The van der Waals surface area contributed by atoms with Gasteiger partial charge in [-0.2, -0.15) is 5.10 Å². The Balaban J connectivity index is 1.54. The maximum atomic E-state index is 6.13. The van der Waals surface area contributed by atoms with Crippen molar-refractivity contribution in [2.75, 3.05) is 13.1 Å². The normalized spacial score (nSPS) is 19.5. The van der Waals surface area contributed by atoms with Crippen LogP contribution in [-0.4, -0.2) is 38.2 Å². The number of aryl methyl sites for hydroxylation is 1. The number of nitrogens with one attached hydrogen (secondary N) is 2. The summed E-state index contributed by atoms with van der Waals surface area (Å²) in [5, 5.41) is 9.01. The minimum absolute atomic E-state index is 0.449. The van der Waals surface area contributed by atoms with Crippen LogP contribution in [0.15, 0.2) is 24.5 Å². The Bertz CT molecular complexity index is 808. The summed E-state index contributed by atoms with van der Waals surface area (Å²) in [6, 6.07) is 6.03. The first-order chi connectivity index (χ1) is 11.2. The highest BCUT2D eigenvalue weighted by molar-refractivity contribution is 6.31. The van der Waals surface area contributed by atoms with Crippen LogP contribution in [0.4, 0.5) is 0 Å². The molecule has 1 saturated heterocycles. The summed E-state index contributed by atoms with van der Waals surface area (Å²) in [5.41, 5.74) is 3.73. The van der Waals surface area contributed by atoms with Gasteiger partial charge in [0.25, 0.3) is 0 Å². The molecule has 1 aliphatic heterocycles. The van der Waals surface area contributed by atoms with Crippen LogP contribution < -0.4 is 0 Å². The lowest BCUT2D eigenvalue weighted by atomic mass is 9.97. The van der Waals surface area contributed by atoms with Gasteiger partial charge in [0.1, 0.15) is 12.2 Å². The van der Waals surface area contributed by atoms with Crippen molar-refractivity contribution in [2.24, 2.45) is 0 Å². The molecule has 0 aliphatic carbocycles. The van der Waals surface area contributed by atoms with Gasteiger partial charge in [-0.15, -0.1) is 0 Å².